The number of halogens is 3. The molecule has 2 heterocycles. The van der Waals surface area contributed by atoms with Crippen molar-refractivity contribution in [2.45, 2.75) is 51.7 Å². The van der Waals surface area contributed by atoms with E-state index in [0.717, 1.165) is 75.2 Å². The van der Waals surface area contributed by atoms with Crippen LogP contribution in [-0.2, 0) is 17.8 Å². The molecule has 5 nitrogen and oxygen atoms in total. The number of benzene rings is 3. The minimum absolute atomic E-state index is 0. The number of piperazine rings is 1. The van der Waals surface area contributed by atoms with Crippen molar-refractivity contribution in [3.05, 3.63) is 94.8 Å². The van der Waals surface area contributed by atoms with Gasteiger partial charge in [-0.25, -0.2) is 4.39 Å². The average molecular weight is 589 g/mol. The van der Waals surface area contributed by atoms with Crippen LogP contribution in [0.4, 0.5) is 10.1 Å². The molecule has 2 aliphatic heterocycles. The summed E-state index contributed by atoms with van der Waals surface area (Å²) in [7, 11) is 0. The Morgan fingerprint density at radius 3 is 2.40 bits per heavy atom. The molecule has 1 amide bonds. The van der Waals surface area contributed by atoms with Crippen LogP contribution < -0.4 is 4.90 Å². The maximum atomic E-state index is 13.6. The number of anilines is 1. The highest BCUT2D eigenvalue weighted by Crippen LogP contribution is 2.36. The Bertz CT molecular complexity index is 1260. The van der Waals surface area contributed by atoms with E-state index in [1.54, 1.807) is 18.2 Å². The fraction of sp³-hybridized carbons (Fsp3) is 0.406. The molecule has 2 unspecified atom stereocenters. The number of piperidine rings is 1. The van der Waals surface area contributed by atoms with Crippen molar-refractivity contribution in [1.82, 2.24) is 9.80 Å². The molecule has 0 aromatic heterocycles. The molecule has 2 saturated heterocycles. The molecule has 0 spiro atoms. The van der Waals surface area contributed by atoms with Crippen LogP contribution in [-0.4, -0.2) is 53.5 Å². The van der Waals surface area contributed by atoms with E-state index < -0.39 is 0 Å². The number of likely N-dealkylation sites (tertiary alicyclic amines) is 1. The lowest BCUT2D eigenvalue weighted by molar-refractivity contribution is -0.122. The Balaban J connectivity index is 0.00000220. The number of hydrogen-bond donors (Lipinski definition) is 1. The summed E-state index contributed by atoms with van der Waals surface area (Å²) in [6.07, 6.45) is 3.77. The topological polar surface area (TPSA) is 47.0 Å². The fourth-order valence-corrected chi connectivity index (χ4v) is 6.15. The molecule has 40 heavy (non-hydrogen) atoms. The van der Waals surface area contributed by atoms with Crippen LogP contribution in [0.1, 0.15) is 55.0 Å². The van der Waals surface area contributed by atoms with Gasteiger partial charge >= 0.3 is 0 Å². The van der Waals surface area contributed by atoms with Crippen molar-refractivity contribution in [2.24, 2.45) is 5.92 Å². The molecular weight excluding hydrogens is 548 g/mol. The largest absolute Gasteiger partial charge is 0.506 e. The van der Waals surface area contributed by atoms with Crippen LogP contribution in [0.5, 0.6) is 5.75 Å². The second kappa shape index (κ2) is 14.2. The van der Waals surface area contributed by atoms with Crippen LogP contribution in [0.2, 0.25) is 0 Å². The lowest BCUT2D eigenvalue weighted by Gasteiger charge is -2.42. The van der Waals surface area contributed by atoms with Gasteiger partial charge in [-0.2, -0.15) is 0 Å². The summed E-state index contributed by atoms with van der Waals surface area (Å²) < 4.78 is 13.6. The summed E-state index contributed by atoms with van der Waals surface area (Å²) in [6, 6.07) is 21.6. The summed E-state index contributed by atoms with van der Waals surface area (Å²) in [5, 5.41) is 10.9. The second-order valence-electron chi connectivity index (χ2n) is 11.1. The monoisotopic (exact) mass is 587 g/mol. The van der Waals surface area contributed by atoms with Crippen molar-refractivity contribution in [3.8, 4) is 5.75 Å². The van der Waals surface area contributed by atoms with E-state index in [1.165, 1.54) is 17.2 Å². The number of phenols is 1. The summed E-state index contributed by atoms with van der Waals surface area (Å²) >= 11 is 0. The molecule has 2 aliphatic rings. The van der Waals surface area contributed by atoms with Crippen LogP contribution in [0.25, 0.3) is 0 Å². The molecule has 3 aromatic carbocycles. The van der Waals surface area contributed by atoms with Gasteiger partial charge in [0.25, 0.3) is 0 Å². The van der Waals surface area contributed by atoms with Crippen LogP contribution in [0.15, 0.2) is 66.7 Å². The molecule has 5 rings (SSSR count). The van der Waals surface area contributed by atoms with Crippen LogP contribution in [0, 0.1) is 11.7 Å². The SMILES string of the molecule is CC1CCN(C=O)C(c2ccc(Cc3cccc(O)c3N3CCN(Cc4cccc(F)c4)C[C@H]3C)cc2)C1.Cl.Cl. The minimum atomic E-state index is -0.199. The molecule has 216 valence electrons. The van der Waals surface area contributed by atoms with E-state index in [-0.39, 0.29) is 42.7 Å². The summed E-state index contributed by atoms with van der Waals surface area (Å²) in [6.45, 7) is 8.46. The number of phenolic OH excluding ortho intramolecular Hbond substituents is 1. The standard InChI is InChI=1S/C32H38FN3O2.2ClH/c1-23-13-14-35(22-37)30(17-23)27-11-9-25(10-12-27)18-28-6-4-8-31(38)32(28)36-16-15-34(20-24(36)2)21-26-5-3-7-29(33)19-26;;/h3-12,19,22-24,30,38H,13-18,20-21H2,1-2H3;2*1H/t23?,24-,30?;;/m1../s1. The predicted molar refractivity (Wildman–Crippen MR) is 164 cm³/mol. The Hall–Kier alpha value is -2.80. The van der Waals surface area contributed by atoms with E-state index in [4.69, 9.17) is 0 Å². The predicted octanol–water partition coefficient (Wildman–Crippen LogP) is 6.61. The third kappa shape index (κ3) is 7.28. The molecule has 2 fully saturated rings. The van der Waals surface area contributed by atoms with Crippen molar-refractivity contribution in [2.75, 3.05) is 31.1 Å². The number of carbonyl (C=O) groups excluding carboxylic acids is 1. The van der Waals surface area contributed by atoms with Gasteiger partial charge in [-0.1, -0.05) is 55.5 Å². The summed E-state index contributed by atoms with van der Waals surface area (Å²) in [5.41, 5.74) is 5.36. The van der Waals surface area contributed by atoms with Gasteiger partial charge < -0.3 is 14.9 Å². The molecule has 0 saturated carbocycles. The Morgan fingerprint density at radius 1 is 0.950 bits per heavy atom. The van der Waals surface area contributed by atoms with Gasteiger partial charge in [-0.3, -0.25) is 9.69 Å². The van der Waals surface area contributed by atoms with E-state index in [1.807, 2.05) is 17.0 Å². The maximum absolute atomic E-state index is 13.6. The van der Waals surface area contributed by atoms with Crippen molar-refractivity contribution in [3.63, 3.8) is 0 Å². The van der Waals surface area contributed by atoms with E-state index in [9.17, 15) is 14.3 Å². The lowest BCUT2D eigenvalue weighted by Crippen LogP contribution is -2.51. The second-order valence-corrected chi connectivity index (χ2v) is 11.1. The maximum Gasteiger partial charge on any atom is 0.210 e. The number of carbonyl (C=O) groups is 1. The number of rotatable bonds is 7. The van der Waals surface area contributed by atoms with Crippen LogP contribution >= 0.6 is 24.8 Å². The molecule has 3 aromatic rings. The van der Waals surface area contributed by atoms with Gasteiger partial charge in [-0.05, 0) is 72.6 Å². The quantitative estimate of drug-likeness (QED) is 0.316. The highest BCUT2D eigenvalue weighted by molar-refractivity contribution is 5.85. The van der Waals surface area contributed by atoms with E-state index in [2.05, 4.69) is 54.0 Å². The van der Waals surface area contributed by atoms with Gasteiger partial charge in [0.05, 0.1) is 11.7 Å². The zero-order valence-corrected chi connectivity index (χ0v) is 24.8. The first-order valence-corrected chi connectivity index (χ1v) is 13.8. The van der Waals surface area contributed by atoms with E-state index >= 15 is 0 Å². The number of aromatic hydroxyl groups is 1. The fourth-order valence-electron chi connectivity index (χ4n) is 6.15. The third-order valence-corrected chi connectivity index (χ3v) is 8.19. The van der Waals surface area contributed by atoms with Gasteiger partial charge in [0.15, 0.2) is 0 Å². The van der Waals surface area contributed by atoms with Gasteiger partial charge in [0.1, 0.15) is 11.6 Å². The van der Waals surface area contributed by atoms with Gasteiger partial charge in [-0.15, -0.1) is 24.8 Å². The number of para-hydroxylation sites is 1. The Labute approximate surface area is 249 Å². The highest BCUT2D eigenvalue weighted by atomic mass is 35.5. The molecule has 0 aliphatic carbocycles. The lowest BCUT2D eigenvalue weighted by atomic mass is 9.88. The zero-order valence-electron chi connectivity index (χ0n) is 23.2. The van der Waals surface area contributed by atoms with Crippen molar-refractivity contribution < 1.29 is 14.3 Å². The molecule has 0 radical (unpaired) electrons. The van der Waals surface area contributed by atoms with Crippen molar-refractivity contribution >= 4 is 36.9 Å². The van der Waals surface area contributed by atoms with Crippen molar-refractivity contribution in [1.29, 1.82) is 0 Å². The summed E-state index contributed by atoms with van der Waals surface area (Å²) in [5.74, 6) is 0.722. The number of hydrogen-bond acceptors (Lipinski definition) is 4. The molecular formula is C32H40Cl2FN3O2. The molecule has 3 atom stereocenters. The molecule has 1 N–H and O–H groups in total. The first-order chi connectivity index (χ1) is 18.4. The first kappa shape index (κ1) is 31.7. The first-order valence-electron chi connectivity index (χ1n) is 13.8. The van der Waals surface area contributed by atoms with Gasteiger partial charge in [0.2, 0.25) is 6.41 Å². The number of nitrogens with zero attached hydrogens (tertiary/aromatic N) is 3. The smallest absolute Gasteiger partial charge is 0.210 e. The van der Waals surface area contributed by atoms with Crippen LogP contribution in [0.3, 0.4) is 0 Å². The minimum Gasteiger partial charge on any atom is -0.506 e. The normalized spacial score (nSPS) is 21.3. The third-order valence-electron chi connectivity index (χ3n) is 8.19. The molecule has 8 heteroatoms. The average Bonchev–Trinajstić information content (AvgIpc) is 2.90. The zero-order chi connectivity index (χ0) is 26.6. The van der Waals surface area contributed by atoms with Gasteiger partial charge in [0, 0.05) is 38.8 Å². The Morgan fingerprint density at radius 2 is 1.70 bits per heavy atom. The van der Waals surface area contributed by atoms with E-state index in [0.29, 0.717) is 11.7 Å². The highest BCUT2D eigenvalue weighted by Gasteiger charge is 2.28. The Kier molecular flexibility index (Phi) is 11.3. The molecule has 0 bridgehead atoms. The summed E-state index contributed by atoms with van der Waals surface area (Å²) in [4.78, 5) is 18.2. The number of amides is 1.